The number of carbonyl (C=O) groups excluding carboxylic acids is 2. The molecule has 1 fully saturated rings. The summed E-state index contributed by atoms with van der Waals surface area (Å²) in [5.41, 5.74) is 1.41. The second kappa shape index (κ2) is 7.12. The van der Waals surface area contributed by atoms with Crippen molar-refractivity contribution in [3.05, 3.63) is 58.1 Å². The van der Waals surface area contributed by atoms with Gasteiger partial charge in [0.2, 0.25) is 0 Å². The number of hydrogen-bond acceptors (Lipinski definition) is 3. The van der Waals surface area contributed by atoms with Gasteiger partial charge in [0.05, 0.1) is 12.5 Å². The molecular weight excluding hydrogens is 384 g/mol. The first-order valence-corrected chi connectivity index (χ1v) is 10.6. The molecule has 1 aromatic rings. The molecule has 0 bridgehead atoms. The Balaban J connectivity index is 2.21. The van der Waals surface area contributed by atoms with Crippen LogP contribution in [0.1, 0.15) is 59.9 Å². The van der Waals surface area contributed by atoms with Crippen LogP contribution in [0.15, 0.2) is 47.6 Å². The minimum absolute atomic E-state index is 0.0679. The van der Waals surface area contributed by atoms with Crippen molar-refractivity contribution >= 4 is 23.4 Å². The monoisotopic (exact) mass is 414 g/mol. The van der Waals surface area contributed by atoms with Gasteiger partial charge in [-0.1, -0.05) is 77.4 Å². The van der Waals surface area contributed by atoms with Gasteiger partial charge in [-0.15, -0.1) is 0 Å². The van der Waals surface area contributed by atoms with Crippen molar-refractivity contribution in [1.82, 2.24) is 0 Å². The van der Waals surface area contributed by atoms with Crippen LogP contribution in [0.3, 0.4) is 0 Å². The SMILES string of the molecule is CCOC(=O)[C@H]1[C@H](c2ccc(Cl)cc2)C12C=C(C(C)(C)C)C(=O)C(C(C)(C)C)=C2. The molecule has 156 valence electrons. The van der Waals surface area contributed by atoms with E-state index in [2.05, 4.69) is 41.5 Å². The number of esters is 1. The topological polar surface area (TPSA) is 43.4 Å². The highest BCUT2D eigenvalue weighted by molar-refractivity contribution is 6.30. The fourth-order valence-corrected chi connectivity index (χ4v) is 4.57. The van der Waals surface area contributed by atoms with Crippen LogP contribution in [-0.2, 0) is 14.3 Å². The Hall–Kier alpha value is -1.87. The number of rotatable bonds is 3. The third-order valence-corrected chi connectivity index (χ3v) is 6.22. The molecule has 0 N–H and O–H groups in total. The standard InChI is InChI=1S/C25H31ClO3/c1-8-29-22(28)20-19(15-9-11-16(26)12-10-15)25(20)13-17(23(2,3)4)21(27)18(14-25)24(5,6)7/h9-14,19-20H,8H2,1-7H3/t19-,20+/m0/s1. The molecule has 2 atom stereocenters. The van der Waals surface area contributed by atoms with Crippen molar-refractivity contribution in [2.24, 2.45) is 22.2 Å². The van der Waals surface area contributed by atoms with Gasteiger partial charge in [-0.3, -0.25) is 9.59 Å². The molecule has 0 heterocycles. The van der Waals surface area contributed by atoms with Crippen molar-refractivity contribution in [3.8, 4) is 0 Å². The second-order valence-electron chi connectivity index (χ2n) is 10.2. The number of benzene rings is 1. The zero-order valence-electron chi connectivity index (χ0n) is 18.4. The van der Waals surface area contributed by atoms with Crippen LogP contribution >= 0.6 is 11.6 Å². The van der Waals surface area contributed by atoms with E-state index in [1.807, 2.05) is 43.3 Å². The van der Waals surface area contributed by atoms with Crippen molar-refractivity contribution in [2.75, 3.05) is 6.61 Å². The van der Waals surface area contributed by atoms with Gasteiger partial charge in [-0.2, -0.15) is 0 Å². The Morgan fingerprint density at radius 2 is 1.48 bits per heavy atom. The van der Waals surface area contributed by atoms with Gasteiger partial charge >= 0.3 is 5.97 Å². The Bertz CT molecular complexity index is 857. The van der Waals surface area contributed by atoms with Crippen LogP contribution in [0.5, 0.6) is 0 Å². The molecule has 4 heteroatoms. The van der Waals surface area contributed by atoms with Crippen LogP contribution in [0.2, 0.25) is 5.02 Å². The fourth-order valence-electron chi connectivity index (χ4n) is 4.44. The largest absolute Gasteiger partial charge is 0.466 e. The molecule has 0 aliphatic heterocycles. The third-order valence-electron chi connectivity index (χ3n) is 5.97. The van der Waals surface area contributed by atoms with Crippen LogP contribution < -0.4 is 0 Å². The average Bonchev–Trinajstić information content (AvgIpc) is 3.23. The van der Waals surface area contributed by atoms with Crippen molar-refractivity contribution in [3.63, 3.8) is 0 Å². The first-order chi connectivity index (χ1) is 13.3. The molecule has 1 aromatic carbocycles. The number of halogens is 1. The lowest BCUT2D eigenvalue weighted by atomic mass is 9.69. The number of hydrogen-bond donors (Lipinski definition) is 0. The minimum atomic E-state index is -0.542. The summed E-state index contributed by atoms with van der Waals surface area (Å²) in [7, 11) is 0. The molecule has 0 radical (unpaired) electrons. The summed E-state index contributed by atoms with van der Waals surface area (Å²) in [5.74, 6) is -0.538. The fraction of sp³-hybridized carbons (Fsp3) is 0.520. The van der Waals surface area contributed by atoms with E-state index >= 15 is 0 Å². The first-order valence-electron chi connectivity index (χ1n) is 10.3. The number of ether oxygens (including phenoxy) is 1. The van der Waals surface area contributed by atoms with Crippen molar-refractivity contribution < 1.29 is 14.3 Å². The number of ketones is 1. The summed E-state index contributed by atoms with van der Waals surface area (Å²) in [5, 5.41) is 0.659. The smallest absolute Gasteiger partial charge is 0.310 e. The van der Waals surface area contributed by atoms with Crippen LogP contribution in [0, 0.1) is 22.2 Å². The molecule has 2 aliphatic carbocycles. The Kier molecular flexibility index (Phi) is 5.36. The maximum absolute atomic E-state index is 13.4. The summed E-state index contributed by atoms with van der Waals surface area (Å²) in [6.07, 6.45) is 4.09. The molecule has 2 aliphatic rings. The van der Waals surface area contributed by atoms with Crippen molar-refractivity contribution in [1.29, 1.82) is 0 Å². The van der Waals surface area contributed by atoms with Gasteiger partial charge in [-0.05, 0) is 35.4 Å². The minimum Gasteiger partial charge on any atom is -0.466 e. The predicted octanol–water partition coefficient (Wildman–Crippen LogP) is 6.13. The van der Waals surface area contributed by atoms with E-state index in [0.29, 0.717) is 11.6 Å². The van der Waals surface area contributed by atoms with Crippen molar-refractivity contribution in [2.45, 2.75) is 54.4 Å². The normalized spacial score (nSPS) is 23.5. The molecule has 0 amide bonds. The summed E-state index contributed by atoms with van der Waals surface area (Å²) in [6.45, 7) is 14.5. The Morgan fingerprint density at radius 3 is 1.90 bits per heavy atom. The predicted molar refractivity (Wildman–Crippen MR) is 117 cm³/mol. The maximum Gasteiger partial charge on any atom is 0.310 e. The molecule has 0 saturated heterocycles. The zero-order valence-corrected chi connectivity index (χ0v) is 19.2. The molecule has 3 nitrogen and oxygen atoms in total. The van der Waals surface area contributed by atoms with E-state index < -0.39 is 5.41 Å². The van der Waals surface area contributed by atoms with E-state index in [1.165, 1.54) is 0 Å². The highest BCUT2D eigenvalue weighted by atomic mass is 35.5. The van der Waals surface area contributed by atoms with Crippen LogP contribution in [-0.4, -0.2) is 18.4 Å². The lowest BCUT2D eigenvalue weighted by molar-refractivity contribution is -0.145. The van der Waals surface area contributed by atoms with Crippen LogP contribution in [0.25, 0.3) is 0 Å². The first kappa shape index (κ1) is 21.8. The third kappa shape index (κ3) is 3.82. The highest BCUT2D eigenvalue weighted by Crippen LogP contribution is 2.70. The molecule has 0 unspecified atom stereocenters. The molecule has 1 spiro atoms. The highest BCUT2D eigenvalue weighted by Gasteiger charge is 2.68. The van der Waals surface area contributed by atoms with E-state index in [1.54, 1.807) is 0 Å². The summed E-state index contributed by atoms with van der Waals surface area (Å²) in [6, 6.07) is 7.64. The number of carbonyl (C=O) groups is 2. The summed E-state index contributed by atoms with van der Waals surface area (Å²) < 4.78 is 5.43. The van der Waals surface area contributed by atoms with E-state index in [-0.39, 0.29) is 34.4 Å². The van der Waals surface area contributed by atoms with Gasteiger partial charge in [-0.25, -0.2) is 0 Å². The maximum atomic E-state index is 13.4. The lowest BCUT2D eigenvalue weighted by Crippen LogP contribution is -2.31. The molecule has 29 heavy (non-hydrogen) atoms. The molecule has 1 saturated carbocycles. The van der Waals surface area contributed by atoms with E-state index in [0.717, 1.165) is 16.7 Å². The van der Waals surface area contributed by atoms with Gasteiger partial charge < -0.3 is 4.74 Å². The Labute approximate surface area is 179 Å². The van der Waals surface area contributed by atoms with E-state index in [4.69, 9.17) is 16.3 Å². The van der Waals surface area contributed by atoms with Crippen LogP contribution in [0.4, 0.5) is 0 Å². The average molecular weight is 415 g/mol. The Morgan fingerprint density at radius 1 is 1.00 bits per heavy atom. The molecule has 3 rings (SSSR count). The van der Waals surface area contributed by atoms with Gasteiger partial charge in [0.15, 0.2) is 5.78 Å². The lowest BCUT2D eigenvalue weighted by Gasteiger charge is -2.34. The second-order valence-corrected chi connectivity index (χ2v) is 10.6. The number of Topliss-reactive ketones (excluding diaryl/α,β-unsaturated/α-hetero) is 1. The summed E-state index contributed by atoms with van der Waals surface area (Å²) in [4.78, 5) is 26.3. The molecular formula is C25H31ClO3. The van der Waals surface area contributed by atoms with Gasteiger partial charge in [0.25, 0.3) is 0 Å². The van der Waals surface area contributed by atoms with Gasteiger partial charge in [0, 0.05) is 27.5 Å². The quantitative estimate of drug-likeness (QED) is 0.558. The molecule has 0 aromatic heterocycles. The summed E-state index contributed by atoms with van der Waals surface area (Å²) >= 11 is 6.09. The van der Waals surface area contributed by atoms with E-state index in [9.17, 15) is 9.59 Å². The zero-order chi connectivity index (χ0) is 21.8. The van der Waals surface area contributed by atoms with Gasteiger partial charge in [0.1, 0.15) is 0 Å². The number of allylic oxidation sites excluding steroid dienone is 4.